The number of aliphatic imine (C=N–C) groups is 1. The molecule has 2 aliphatic rings. The minimum absolute atomic E-state index is 0.139. The topological polar surface area (TPSA) is 63.9 Å². The van der Waals surface area contributed by atoms with Gasteiger partial charge in [-0.15, -0.1) is 0 Å². The molecule has 0 bridgehead atoms. The summed E-state index contributed by atoms with van der Waals surface area (Å²) in [7, 11) is 1.38. The van der Waals surface area contributed by atoms with E-state index in [4.69, 9.17) is 9.73 Å². The van der Waals surface area contributed by atoms with Crippen molar-refractivity contribution in [2.24, 2.45) is 10.9 Å². The van der Waals surface area contributed by atoms with Crippen LogP contribution in [-0.2, 0) is 11.3 Å². The molecule has 0 unspecified atom stereocenters. The number of rotatable bonds is 7. The molecule has 1 fully saturated rings. The van der Waals surface area contributed by atoms with Crippen LogP contribution in [0.4, 0.5) is 0 Å². The molecule has 6 nitrogen and oxygen atoms in total. The number of carbonyl (C=O) groups excluding carboxylic acids is 1. The van der Waals surface area contributed by atoms with Gasteiger partial charge in [-0.2, -0.15) is 0 Å². The minimum atomic E-state index is -0.485. The zero-order valence-electron chi connectivity index (χ0n) is 22.8. The lowest BCUT2D eigenvalue weighted by molar-refractivity contribution is 0.0585. The summed E-state index contributed by atoms with van der Waals surface area (Å²) in [5, 5.41) is 1.39. The molecule has 0 N–H and O–H groups in total. The summed E-state index contributed by atoms with van der Waals surface area (Å²) in [6.45, 7) is 4.05. The number of ether oxygens (including phenoxy) is 1. The highest BCUT2D eigenvalue weighted by molar-refractivity contribution is 6.10. The van der Waals surface area contributed by atoms with Gasteiger partial charge in [-0.3, -0.25) is 14.7 Å². The lowest BCUT2D eigenvalue weighted by atomic mass is 9.93. The van der Waals surface area contributed by atoms with Gasteiger partial charge in [0.25, 0.3) is 5.56 Å². The van der Waals surface area contributed by atoms with Crippen LogP contribution in [0.1, 0.15) is 28.9 Å². The molecule has 3 aromatic carbocycles. The first-order valence-electron chi connectivity index (χ1n) is 13.9. The SMILES string of the molecule is COC(=O)c1c(-c2ccccc2)c2ccccc2c(=O)n1CC1CCN(CC2=CC(c3ccccc3)=NC2)CC1. The van der Waals surface area contributed by atoms with E-state index in [-0.39, 0.29) is 11.5 Å². The average Bonchev–Trinajstić information content (AvgIpc) is 3.48. The van der Waals surface area contributed by atoms with Crippen LogP contribution in [0.5, 0.6) is 0 Å². The largest absolute Gasteiger partial charge is 0.464 e. The van der Waals surface area contributed by atoms with E-state index in [9.17, 15) is 9.59 Å². The summed E-state index contributed by atoms with van der Waals surface area (Å²) in [6.07, 6.45) is 4.14. The van der Waals surface area contributed by atoms with Gasteiger partial charge in [0, 0.05) is 24.0 Å². The Bertz CT molecular complexity index is 1650. The Kier molecular flexibility index (Phi) is 7.43. The van der Waals surface area contributed by atoms with Crippen molar-refractivity contribution in [3.63, 3.8) is 0 Å². The smallest absolute Gasteiger partial charge is 0.355 e. The van der Waals surface area contributed by atoms with Crippen LogP contribution in [0, 0.1) is 5.92 Å². The van der Waals surface area contributed by atoms with Gasteiger partial charge >= 0.3 is 5.97 Å². The van der Waals surface area contributed by atoms with Crippen molar-refractivity contribution in [1.82, 2.24) is 9.47 Å². The summed E-state index contributed by atoms with van der Waals surface area (Å²) < 4.78 is 6.92. The lowest BCUT2D eigenvalue weighted by Crippen LogP contribution is -2.38. The van der Waals surface area contributed by atoms with Gasteiger partial charge in [-0.05, 0) is 66.1 Å². The van der Waals surface area contributed by atoms with Crippen molar-refractivity contribution in [3.8, 4) is 11.1 Å². The van der Waals surface area contributed by atoms with E-state index in [1.54, 1.807) is 4.57 Å². The zero-order chi connectivity index (χ0) is 27.5. The third-order valence-electron chi connectivity index (χ3n) is 8.06. The fraction of sp³-hybridized carbons (Fsp3) is 0.265. The highest BCUT2D eigenvalue weighted by Crippen LogP contribution is 2.32. The van der Waals surface area contributed by atoms with Gasteiger partial charge < -0.3 is 9.30 Å². The molecule has 0 aliphatic carbocycles. The maximum absolute atomic E-state index is 13.8. The number of likely N-dealkylation sites (tertiary alicyclic amines) is 1. The Morgan fingerprint density at radius 1 is 0.875 bits per heavy atom. The van der Waals surface area contributed by atoms with Crippen LogP contribution in [-0.4, -0.2) is 54.4 Å². The quantitative estimate of drug-likeness (QED) is 0.292. The summed E-state index contributed by atoms with van der Waals surface area (Å²) in [4.78, 5) is 34.2. The van der Waals surface area contributed by atoms with Crippen molar-refractivity contribution in [2.75, 3.05) is 33.3 Å². The van der Waals surface area contributed by atoms with Crippen LogP contribution in [0.3, 0.4) is 0 Å². The van der Waals surface area contributed by atoms with Crippen LogP contribution in [0.15, 0.2) is 106 Å². The van der Waals surface area contributed by atoms with Gasteiger partial charge in [-0.1, -0.05) is 78.9 Å². The number of nitrogens with zero attached hydrogens (tertiary/aromatic N) is 3. The standard InChI is InChI=1S/C34H33N3O3/c1-40-34(39)32-31(27-12-6-3-7-13-27)28-14-8-9-15-29(28)33(38)37(32)23-24-16-18-36(19-17-24)22-25-20-30(35-21-25)26-10-4-2-5-11-26/h2-15,20,24H,16-19,21-23H2,1H3. The molecule has 3 heterocycles. The molecule has 1 saturated heterocycles. The van der Waals surface area contributed by atoms with Crippen molar-refractivity contribution in [1.29, 1.82) is 0 Å². The number of fused-ring (bicyclic) bond motifs is 1. The zero-order valence-corrected chi connectivity index (χ0v) is 22.8. The molecule has 40 heavy (non-hydrogen) atoms. The van der Waals surface area contributed by atoms with E-state index in [1.807, 2.05) is 72.8 Å². The molecular formula is C34H33N3O3. The number of methoxy groups -OCH3 is 1. The molecule has 0 amide bonds. The fourth-order valence-corrected chi connectivity index (χ4v) is 6.00. The Hall–Kier alpha value is -4.29. The van der Waals surface area contributed by atoms with Gasteiger partial charge in [0.1, 0.15) is 5.69 Å². The van der Waals surface area contributed by atoms with Crippen molar-refractivity contribution in [2.45, 2.75) is 19.4 Å². The number of benzene rings is 3. The molecule has 0 atom stereocenters. The average molecular weight is 532 g/mol. The maximum atomic E-state index is 13.8. The number of piperidine rings is 1. The molecule has 0 saturated carbocycles. The molecular weight excluding hydrogens is 498 g/mol. The number of pyridine rings is 1. The highest BCUT2D eigenvalue weighted by Gasteiger charge is 2.27. The molecule has 4 aromatic rings. The normalized spacial score (nSPS) is 16.1. The van der Waals surface area contributed by atoms with Crippen molar-refractivity contribution < 1.29 is 9.53 Å². The predicted molar refractivity (Wildman–Crippen MR) is 160 cm³/mol. The molecule has 6 heteroatoms. The second-order valence-corrected chi connectivity index (χ2v) is 10.6. The third kappa shape index (κ3) is 5.15. The molecule has 2 aliphatic heterocycles. The Morgan fingerprint density at radius 2 is 1.50 bits per heavy atom. The fourth-order valence-electron chi connectivity index (χ4n) is 6.00. The van der Waals surface area contributed by atoms with E-state index in [0.29, 0.717) is 17.6 Å². The van der Waals surface area contributed by atoms with E-state index in [1.165, 1.54) is 12.7 Å². The number of carbonyl (C=O) groups is 1. The second-order valence-electron chi connectivity index (χ2n) is 10.6. The monoisotopic (exact) mass is 531 g/mol. The third-order valence-corrected chi connectivity index (χ3v) is 8.06. The lowest BCUT2D eigenvalue weighted by Gasteiger charge is -2.33. The van der Waals surface area contributed by atoms with Crippen LogP contribution in [0.25, 0.3) is 21.9 Å². The Labute approximate surface area is 234 Å². The molecule has 0 radical (unpaired) electrons. The van der Waals surface area contributed by atoms with Crippen LogP contribution < -0.4 is 5.56 Å². The van der Waals surface area contributed by atoms with Crippen LogP contribution in [0.2, 0.25) is 0 Å². The Morgan fingerprint density at radius 3 is 2.17 bits per heavy atom. The highest BCUT2D eigenvalue weighted by atomic mass is 16.5. The Balaban J connectivity index is 1.23. The molecule has 6 rings (SSSR count). The summed E-state index contributed by atoms with van der Waals surface area (Å²) >= 11 is 0. The first-order valence-corrected chi connectivity index (χ1v) is 13.9. The molecule has 202 valence electrons. The number of aromatic nitrogens is 1. The summed E-state index contributed by atoms with van der Waals surface area (Å²) in [5.41, 5.74) is 5.40. The second kappa shape index (κ2) is 11.4. The van der Waals surface area contributed by atoms with E-state index in [0.717, 1.165) is 66.8 Å². The minimum Gasteiger partial charge on any atom is -0.464 e. The van der Waals surface area contributed by atoms with Crippen LogP contribution >= 0.6 is 0 Å². The molecule has 1 aromatic heterocycles. The van der Waals surface area contributed by atoms with Crippen molar-refractivity contribution >= 4 is 22.5 Å². The van der Waals surface area contributed by atoms with Gasteiger partial charge in [0.2, 0.25) is 0 Å². The van der Waals surface area contributed by atoms with Crippen molar-refractivity contribution in [3.05, 3.63) is 118 Å². The molecule has 0 spiro atoms. The number of allylic oxidation sites excluding steroid dienone is 1. The number of hydrogen-bond acceptors (Lipinski definition) is 5. The first kappa shape index (κ1) is 26.0. The van der Waals surface area contributed by atoms with E-state index in [2.05, 4.69) is 23.1 Å². The predicted octanol–water partition coefficient (Wildman–Crippen LogP) is 5.60. The van der Waals surface area contributed by atoms with Gasteiger partial charge in [0.15, 0.2) is 0 Å². The van der Waals surface area contributed by atoms with Gasteiger partial charge in [0.05, 0.1) is 19.4 Å². The summed E-state index contributed by atoms with van der Waals surface area (Å²) in [6, 6.07) is 27.7. The number of esters is 1. The first-order chi connectivity index (χ1) is 19.6. The summed E-state index contributed by atoms with van der Waals surface area (Å²) in [5.74, 6) is -0.197. The van der Waals surface area contributed by atoms with Gasteiger partial charge in [-0.25, -0.2) is 4.79 Å². The van der Waals surface area contributed by atoms with E-state index < -0.39 is 5.97 Å². The number of hydrogen-bond donors (Lipinski definition) is 0. The maximum Gasteiger partial charge on any atom is 0.355 e. The van der Waals surface area contributed by atoms with E-state index >= 15 is 0 Å².